The third-order valence-electron chi connectivity index (χ3n) is 2.42. The van der Waals surface area contributed by atoms with E-state index < -0.39 is 0 Å². The first-order valence-electron chi connectivity index (χ1n) is 4.37. The lowest BCUT2D eigenvalue weighted by molar-refractivity contribution is 0.163. The molecule has 0 radical (unpaired) electrons. The molecule has 1 aromatic rings. The molecule has 4 heteroatoms. The molecule has 0 aromatic heterocycles. The Morgan fingerprint density at radius 1 is 1.50 bits per heavy atom. The molecule has 14 heavy (non-hydrogen) atoms. The van der Waals surface area contributed by atoms with Gasteiger partial charge in [-0.1, -0.05) is 18.2 Å². The first kappa shape index (κ1) is 8.87. The van der Waals surface area contributed by atoms with E-state index in [0.29, 0.717) is 6.61 Å². The zero-order chi connectivity index (χ0) is 10.1. The van der Waals surface area contributed by atoms with Gasteiger partial charge in [0.2, 0.25) is 0 Å². The van der Waals surface area contributed by atoms with Crippen LogP contribution in [0.25, 0.3) is 0 Å². The number of phenols is 1. The summed E-state index contributed by atoms with van der Waals surface area (Å²) in [5, 5.41) is 9.58. The van der Waals surface area contributed by atoms with Crippen LogP contribution >= 0.6 is 0 Å². The summed E-state index contributed by atoms with van der Waals surface area (Å²) in [7, 11) is 1.66. The summed E-state index contributed by atoms with van der Waals surface area (Å²) in [6, 6.07) is 6.79. The third-order valence-corrected chi connectivity index (χ3v) is 2.42. The number of hydrogen-bond acceptors (Lipinski definition) is 3. The van der Waals surface area contributed by atoms with E-state index >= 15 is 0 Å². The van der Waals surface area contributed by atoms with Crippen LogP contribution in [0, 0.1) is 0 Å². The smallest absolute Gasteiger partial charge is 0.410 e. The normalized spacial score (nSPS) is 21.1. The summed E-state index contributed by atoms with van der Waals surface area (Å²) < 4.78 is 4.86. The van der Waals surface area contributed by atoms with Crippen LogP contribution in [0.1, 0.15) is 11.6 Å². The van der Waals surface area contributed by atoms with Gasteiger partial charge in [0.25, 0.3) is 0 Å². The number of phenolic OH excluding ortho intramolecular Hbond substituents is 1. The van der Waals surface area contributed by atoms with Crippen LogP contribution in [0.2, 0.25) is 0 Å². The van der Waals surface area contributed by atoms with Gasteiger partial charge in [-0.25, -0.2) is 4.79 Å². The number of aromatic hydroxyl groups is 1. The summed E-state index contributed by atoms with van der Waals surface area (Å²) >= 11 is 0. The summed E-state index contributed by atoms with van der Waals surface area (Å²) in [6.07, 6.45) is -0.349. The maximum absolute atomic E-state index is 11.1. The summed E-state index contributed by atoms with van der Waals surface area (Å²) in [6.45, 7) is 0.299. The molecule has 1 saturated heterocycles. The molecule has 1 amide bonds. The number of nitrogens with zero attached hydrogens (tertiary/aromatic N) is 1. The molecule has 0 aliphatic carbocycles. The quantitative estimate of drug-likeness (QED) is 0.735. The van der Waals surface area contributed by atoms with Gasteiger partial charge >= 0.3 is 6.09 Å². The second-order valence-electron chi connectivity index (χ2n) is 3.26. The molecule has 0 saturated carbocycles. The van der Waals surface area contributed by atoms with Gasteiger partial charge in [0.1, 0.15) is 12.4 Å². The molecule has 4 nitrogen and oxygen atoms in total. The van der Waals surface area contributed by atoms with Gasteiger partial charge in [-0.3, -0.25) is 0 Å². The molecule has 1 atom stereocenters. The molecule has 1 N–H and O–H groups in total. The maximum Gasteiger partial charge on any atom is 0.410 e. The minimum absolute atomic E-state index is 0.177. The molecular weight excluding hydrogens is 182 g/mol. The lowest BCUT2D eigenvalue weighted by Gasteiger charge is -2.16. The number of ether oxygens (including phenoxy) is 1. The van der Waals surface area contributed by atoms with E-state index in [1.165, 1.54) is 4.90 Å². The molecule has 0 bridgehead atoms. The van der Waals surface area contributed by atoms with E-state index in [1.54, 1.807) is 25.2 Å². The number of rotatable bonds is 1. The second kappa shape index (κ2) is 3.21. The summed E-state index contributed by atoms with van der Waals surface area (Å²) in [5.41, 5.74) is 0.723. The van der Waals surface area contributed by atoms with E-state index in [-0.39, 0.29) is 17.9 Å². The number of para-hydroxylation sites is 1. The van der Waals surface area contributed by atoms with Gasteiger partial charge in [0.05, 0.1) is 6.04 Å². The van der Waals surface area contributed by atoms with Gasteiger partial charge in [0.15, 0.2) is 0 Å². The maximum atomic E-state index is 11.1. The predicted octanol–water partition coefficient (Wildman–Crippen LogP) is 1.52. The fourth-order valence-electron chi connectivity index (χ4n) is 1.56. The lowest BCUT2D eigenvalue weighted by Crippen LogP contribution is -2.22. The van der Waals surface area contributed by atoms with Crippen molar-refractivity contribution in [3.8, 4) is 5.75 Å². The zero-order valence-electron chi connectivity index (χ0n) is 7.80. The van der Waals surface area contributed by atoms with E-state index in [2.05, 4.69) is 0 Å². The van der Waals surface area contributed by atoms with Crippen molar-refractivity contribution in [1.82, 2.24) is 4.90 Å². The minimum Gasteiger partial charge on any atom is -0.508 e. The molecule has 1 aliphatic rings. The van der Waals surface area contributed by atoms with Crippen LogP contribution in [0.4, 0.5) is 4.79 Å². The summed E-state index contributed by atoms with van der Waals surface area (Å²) in [5.74, 6) is 0.197. The van der Waals surface area contributed by atoms with Crippen molar-refractivity contribution in [2.45, 2.75) is 6.04 Å². The molecule has 0 spiro atoms. The van der Waals surface area contributed by atoms with Crippen LogP contribution in [0.3, 0.4) is 0 Å². The van der Waals surface area contributed by atoms with Gasteiger partial charge < -0.3 is 14.7 Å². The zero-order valence-corrected chi connectivity index (χ0v) is 7.80. The van der Waals surface area contributed by atoms with Gasteiger partial charge in [-0.05, 0) is 6.07 Å². The monoisotopic (exact) mass is 193 g/mol. The van der Waals surface area contributed by atoms with Crippen molar-refractivity contribution in [2.24, 2.45) is 0 Å². The number of carbonyl (C=O) groups excluding carboxylic acids is 1. The van der Waals surface area contributed by atoms with Crippen molar-refractivity contribution in [2.75, 3.05) is 13.7 Å². The SMILES string of the molecule is CN1C(=O)OCC1c1ccccc1O. The minimum atomic E-state index is -0.349. The number of cyclic esters (lactones) is 1. The van der Waals surface area contributed by atoms with Gasteiger partial charge in [0, 0.05) is 12.6 Å². The average Bonchev–Trinajstić information content (AvgIpc) is 2.49. The molecular formula is C10H11NO3. The molecule has 74 valence electrons. The first-order valence-corrected chi connectivity index (χ1v) is 4.37. The van der Waals surface area contributed by atoms with Crippen molar-refractivity contribution in [3.63, 3.8) is 0 Å². The molecule has 1 unspecified atom stereocenters. The Hall–Kier alpha value is -1.71. The van der Waals surface area contributed by atoms with Crippen LogP contribution in [0.15, 0.2) is 24.3 Å². The Morgan fingerprint density at radius 3 is 2.79 bits per heavy atom. The van der Waals surface area contributed by atoms with Crippen LogP contribution in [-0.4, -0.2) is 29.8 Å². The summed E-state index contributed by atoms with van der Waals surface area (Å²) in [4.78, 5) is 12.6. The highest BCUT2D eigenvalue weighted by Gasteiger charge is 2.32. The number of carbonyl (C=O) groups is 1. The predicted molar refractivity (Wildman–Crippen MR) is 50.0 cm³/mol. The second-order valence-corrected chi connectivity index (χ2v) is 3.26. The highest BCUT2D eigenvalue weighted by atomic mass is 16.6. The van der Waals surface area contributed by atoms with E-state index in [4.69, 9.17) is 4.74 Å². The topological polar surface area (TPSA) is 49.8 Å². The molecule has 1 aliphatic heterocycles. The fraction of sp³-hybridized carbons (Fsp3) is 0.300. The Kier molecular flexibility index (Phi) is 2.04. The number of likely N-dealkylation sites (N-methyl/N-ethyl adjacent to an activating group) is 1. The Bertz CT molecular complexity index is 364. The third kappa shape index (κ3) is 1.28. The van der Waals surface area contributed by atoms with E-state index in [0.717, 1.165) is 5.56 Å². The Balaban J connectivity index is 2.32. The molecule has 2 rings (SSSR count). The average molecular weight is 193 g/mol. The van der Waals surface area contributed by atoms with Crippen LogP contribution < -0.4 is 0 Å². The first-order chi connectivity index (χ1) is 6.70. The molecule has 1 aromatic carbocycles. The van der Waals surface area contributed by atoms with Crippen molar-refractivity contribution in [3.05, 3.63) is 29.8 Å². The van der Waals surface area contributed by atoms with E-state index in [9.17, 15) is 9.90 Å². The number of hydrogen-bond donors (Lipinski definition) is 1. The van der Waals surface area contributed by atoms with Crippen LogP contribution in [0.5, 0.6) is 5.75 Å². The van der Waals surface area contributed by atoms with Crippen molar-refractivity contribution < 1.29 is 14.6 Å². The number of amides is 1. The van der Waals surface area contributed by atoms with Crippen LogP contribution in [-0.2, 0) is 4.74 Å². The number of benzene rings is 1. The fourth-order valence-corrected chi connectivity index (χ4v) is 1.56. The standard InChI is InChI=1S/C10H11NO3/c1-11-8(6-14-10(11)13)7-4-2-3-5-9(7)12/h2-5,8,12H,6H2,1H3. The van der Waals surface area contributed by atoms with Crippen molar-refractivity contribution in [1.29, 1.82) is 0 Å². The highest BCUT2D eigenvalue weighted by Crippen LogP contribution is 2.31. The lowest BCUT2D eigenvalue weighted by atomic mass is 10.1. The van der Waals surface area contributed by atoms with E-state index in [1.807, 2.05) is 6.07 Å². The Morgan fingerprint density at radius 2 is 2.21 bits per heavy atom. The largest absolute Gasteiger partial charge is 0.508 e. The molecule has 1 heterocycles. The Labute approximate surface area is 81.7 Å². The van der Waals surface area contributed by atoms with Gasteiger partial charge in [-0.15, -0.1) is 0 Å². The van der Waals surface area contributed by atoms with Crippen molar-refractivity contribution >= 4 is 6.09 Å². The molecule has 1 fully saturated rings. The van der Waals surface area contributed by atoms with Gasteiger partial charge in [-0.2, -0.15) is 0 Å². The highest BCUT2D eigenvalue weighted by molar-refractivity contribution is 5.70.